The van der Waals surface area contributed by atoms with Gasteiger partial charge in [0, 0.05) is 31.0 Å². The molecule has 4 rings (SSSR count). The standard InChI is InChI=1S/C25H26N2O5/c1-31-24-12-17(5-8-21(24)25(29)30)16-6-9-23-18(11-16)4-7-20(32-23)14-27-15-22(28)19-3-2-10-26-13-19/h2-3,5-6,8-13,20,22,27-28H,4,7,14-15H2,1H3,(H,29,30)/t20-,22-/m1/s1. The first-order valence-corrected chi connectivity index (χ1v) is 10.5. The molecule has 0 bridgehead atoms. The molecule has 0 unspecified atom stereocenters. The van der Waals surface area contributed by atoms with Crippen LogP contribution in [-0.2, 0) is 6.42 Å². The third kappa shape index (κ3) is 4.90. The Bertz CT molecular complexity index is 1090. The van der Waals surface area contributed by atoms with E-state index in [2.05, 4.69) is 16.4 Å². The van der Waals surface area contributed by atoms with E-state index in [0.717, 1.165) is 40.8 Å². The first-order chi connectivity index (χ1) is 15.5. The van der Waals surface area contributed by atoms with Gasteiger partial charge in [-0.15, -0.1) is 0 Å². The Balaban J connectivity index is 1.38. The predicted molar refractivity (Wildman–Crippen MR) is 120 cm³/mol. The molecule has 166 valence electrons. The number of aryl methyl sites for hydroxylation is 1. The molecule has 1 aromatic heterocycles. The van der Waals surface area contributed by atoms with Crippen LogP contribution in [0.4, 0.5) is 0 Å². The van der Waals surface area contributed by atoms with Crippen molar-refractivity contribution in [2.75, 3.05) is 20.2 Å². The Kier molecular flexibility index (Phi) is 6.68. The molecule has 3 N–H and O–H groups in total. The van der Waals surface area contributed by atoms with Gasteiger partial charge in [0.25, 0.3) is 0 Å². The molecular weight excluding hydrogens is 408 g/mol. The molecule has 3 aromatic rings. The van der Waals surface area contributed by atoms with Gasteiger partial charge >= 0.3 is 5.97 Å². The quantitative estimate of drug-likeness (QED) is 0.499. The van der Waals surface area contributed by atoms with Gasteiger partial charge in [-0.3, -0.25) is 4.98 Å². The second kappa shape index (κ2) is 9.80. The number of methoxy groups -OCH3 is 1. The molecule has 0 aliphatic carbocycles. The molecular formula is C25H26N2O5. The minimum absolute atomic E-state index is 0.0318. The number of nitrogens with one attached hydrogen (secondary N) is 1. The molecule has 32 heavy (non-hydrogen) atoms. The summed E-state index contributed by atoms with van der Waals surface area (Å²) in [6.45, 7) is 1.08. The monoisotopic (exact) mass is 434 g/mol. The van der Waals surface area contributed by atoms with E-state index < -0.39 is 12.1 Å². The summed E-state index contributed by atoms with van der Waals surface area (Å²) in [5.41, 5.74) is 3.92. The van der Waals surface area contributed by atoms with Gasteiger partial charge in [-0.25, -0.2) is 4.79 Å². The van der Waals surface area contributed by atoms with Gasteiger partial charge in [-0.1, -0.05) is 18.2 Å². The number of aromatic carboxylic acids is 1. The van der Waals surface area contributed by atoms with Crippen molar-refractivity contribution in [1.29, 1.82) is 0 Å². The highest BCUT2D eigenvalue weighted by Crippen LogP contribution is 2.34. The number of pyridine rings is 1. The molecule has 7 nitrogen and oxygen atoms in total. The Morgan fingerprint density at radius 1 is 1.25 bits per heavy atom. The van der Waals surface area contributed by atoms with Crippen LogP contribution in [0.15, 0.2) is 60.9 Å². The second-order valence-electron chi connectivity index (χ2n) is 7.78. The maximum atomic E-state index is 11.3. The van der Waals surface area contributed by atoms with Crippen LogP contribution in [0, 0.1) is 0 Å². The minimum atomic E-state index is -1.01. The number of ether oxygens (including phenoxy) is 2. The number of rotatable bonds is 8. The van der Waals surface area contributed by atoms with Crippen LogP contribution < -0.4 is 14.8 Å². The number of aliphatic hydroxyl groups excluding tert-OH is 1. The molecule has 0 saturated carbocycles. The zero-order chi connectivity index (χ0) is 22.5. The summed E-state index contributed by atoms with van der Waals surface area (Å²) in [6, 6.07) is 14.8. The number of carboxylic acid groups (broad SMARTS) is 1. The zero-order valence-corrected chi connectivity index (χ0v) is 17.8. The smallest absolute Gasteiger partial charge is 0.339 e. The summed E-state index contributed by atoms with van der Waals surface area (Å²) in [6.07, 6.45) is 4.53. The molecule has 0 amide bonds. The fourth-order valence-corrected chi connectivity index (χ4v) is 3.89. The third-order valence-corrected chi connectivity index (χ3v) is 5.63. The van der Waals surface area contributed by atoms with Crippen molar-refractivity contribution < 1.29 is 24.5 Å². The van der Waals surface area contributed by atoms with Crippen LogP contribution in [0.25, 0.3) is 11.1 Å². The molecule has 0 saturated heterocycles. The predicted octanol–water partition coefficient (Wildman–Crippen LogP) is 3.47. The van der Waals surface area contributed by atoms with Gasteiger partial charge in [0.2, 0.25) is 0 Å². The first kappa shape index (κ1) is 21.8. The number of fused-ring (bicyclic) bond motifs is 1. The maximum Gasteiger partial charge on any atom is 0.339 e. The third-order valence-electron chi connectivity index (χ3n) is 5.63. The van der Waals surface area contributed by atoms with Gasteiger partial charge < -0.3 is 25.0 Å². The van der Waals surface area contributed by atoms with Gasteiger partial charge in [0.1, 0.15) is 23.2 Å². The van der Waals surface area contributed by atoms with Crippen LogP contribution in [0.5, 0.6) is 11.5 Å². The number of benzene rings is 2. The fourth-order valence-electron chi connectivity index (χ4n) is 3.89. The van der Waals surface area contributed by atoms with E-state index in [0.29, 0.717) is 18.8 Å². The van der Waals surface area contributed by atoms with Crippen molar-refractivity contribution in [2.45, 2.75) is 25.0 Å². The summed E-state index contributed by atoms with van der Waals surface area (Å²) in [7, 11) is 1.47. The highest BCUT2D eigenvalue weighted by Gasteiger charge is 2.21. The Hall–Kier alpha value is -3.42. The van der Waals surface area contributed by atoms with E-state index >= 15 is 0 Å². The normalized spacial score (nSPS) is 16.0. The molecule has 0 radical (unpaired) electrons. The molecule has 2 atom stereocenters. The lowest BCUT2D eigenvalue weighted by Gasteiger charge is -2.27. The number of nitrogens with zero attached hydrogens (tertiary/aromatic N) is 1. The van der Waals surface area contributed by atoms with Gasteiger partial charge in [0.15, 0.2) is 0 Å². The number of aliphatic hydroxyl groups is 1. The van der Waals surface area contributed by atoms with E-state index in [1.54, 1.807) is 30.6 Å². The van der Waals surface area contributed by atoms with Crippen molar-refractivity contribution >= 4 is 5.97 Å². The van der Waals surface area contributed by atoms with Crippen molar-refractivity contribution in [1.82, 2.24) is 10.3 Å². The van der Waals surface area contributed by atoms with E-state index in [-0.39, 0.29) is 11.7 Å². The summed E-state index contributed by atoms with van der Waals surface area (Å²) in [4.78, 5) is 15.4. The average molecular weight is 434 g/mol. The van der Waals surface area contributed by atoms with E-state index in [1.807, 2.05) is 24.3 Å². The lowest BCUT2D eigenvalue weighted by molar-refractivity contribution is 0.0693. The summed E-state index contributed by atoms with van der Waals surface area (Å²) in [5.74, 6) is 0.178. The Morgan fingerprint density at radius 3 is 2.81 bits per heavy atom. The lowest BCUT2D eigenvalue weighted by atomic mass is 9.96. The molecule has 1 aliphatic rings. The summed E-state index contributed by atoms with van der Waals surface area (Å²) >= 11 is 0. The fraction of sp³-hybridized carbons (Fsp3) is 0.280. The van der Waals surface area contributed by atoms with Crippen molar-refractivity contribution in [3.63, 3.8) is 0 Å². The molecule has 2 aromatic carbocycles. The van der Waals surface area contributed by atoms with Gasteiger partial charge in [-0.2, -0.15) is 0 Å². The SMILES string of the molecule is COc1cc(-c2ccc3c(c2)CC[C@H](CNC[C@@H](O)c2cccnc2)O3)ccc1C(=O)O. The number of hydrogen-bond donors (Lipinski definition) is 3. The van der Waals surface area contributed by atoms with Crippen LogP contribution >= 0.6 is 0 Å². The lowest BCUT2D eigenvalue weighted by Crippen LogP contribution is -2.36. The van der Waals surface area contributed by atoms with Gasteiger partial charge in [0.05, 0.1) is 13.2 Å². The number of hydrogen-bond acceptors (Lipinski definition) is 6. The molecule has 0 spiro atoms. The topological polar surface area (TPSA) is 101 Å². The first-order valence-electron chi connectivity index (χ1n) is 10.5. The molecule has 1 aliphatic heterocycles. The Labute approximate surface area is 186 Å². The number of carbonyl (C=O) groups is 1. The van der Waals surface area contributed by atoms with E-state index in [1.165, 1.54) is 7.11 Å². The summed E-state index contributed by atoms with van der Waals surface area (Å²) < 4.78 is 11.4. The number of aromatic nitrogens is 1. The average Bonchev–Trinajstić information content (AvgIpc) is 2.83. The Morgan fingerprint density at radius 2 is 2.06 bits per heavy atom. The molecule has 7 heteroatoms. The maximum absolute atomic E-state index is 11.3. The van der Waals surface area contributed by atoms with Crippen LogP contribution in [-0.4, -0.2) is 47.5 Å². The minimum Gasteiger partial charge on any atom is -0.496 e. The van der Waals surface area contributed by atoms with Crippen molar-refractivity contribution in [3.05, 3.63) is 77.6 Å². The van der Waals surface area contributed by atoms with Crippen molar-refractivity contribution in [2.24, 2.45) is 0 Å². The van der Waals surface area contributed by atoms with E-state index in [9.17, 15) is 15.0 Å². The summed E-state index contributed by atoms with van der Waals surface area (Å²) in [5, 5.41) is 22.8. The number of carboxylic acids is 1. The van der Waals surface area contributed by atoms with Gasteiger partial charge in [-0.05, 0) is 59.9 Å². The van der Waals surface area contributed by atoms with Crippen molar-refractivity contribution in [3.8, 4) is 22.6 Å². The second-order valence-corrected chi connectivity index (χ2v) is 7.78. The molecule has 0 fully saturated rings. The molecule has 2 heterocycles. The zero-order valence-electron chi connectivity index (χ0n) is 17.8. The van der Waals surface area contributed by atoms with Crippen LogP contribution in [0.2, 0.25) is 0 Å². The van der Waals surface area contributed by atoms with E-state index in [4.69, 9.17) is 9.47 Å². The highest BCUT2D eigenvalue weighted by atomic mass is 16.5. The van der Waals surface area contributed by atoms with Crippen LogP contribution in [0.1, 0.15) is 34.0 Å². The largest absolute Gasteiger partial charge is 0.496 e. The van der Waals surface area contributed by atoms with Crippen LogP contribution in [0.3, 0.4) is 0 Å². The highest BCUT2D eigenvalue weighted by molar-refractivity contribution is 5.92.